The van der Waals surface area contributed by atoms with Crippen molar-refractivity contribution in [3.8, 4) is 11.3 Å². The molecule has 0 amide bonds. The summed E-state index contributed by atoms with van der Waals surface area (Å²) in [6, 6.07) is 4.95. The summed E-state index contributed by atoms with van der Waals surface area (Å²) in [6.45, 7) is 1.58. The number of rotatable bonds is 2. The van der Waals surface area contributed by atoms with E-state index in [2.05, 4.69) is 10.3 Å². The average Bonchev–Trinajstić information content (AvgIpc) is 2.38. The highest BCUT2D eigenvalue weighted by Crippen LogP contribution is 2.36. The summed E-state index contributed by atoms with van der Waals surface area (Å²) in [6.07, 6.45) is -4.38. The molecule has 0 aliphatic carbocycles. The maximum atomic E-state index is 12.7. The third-order valence-electron chi connectivity index (χ3n) is 2.98. The summed E-state index contributed by atoms with van der Waals surface area (Å²) in [4.78, 5) is 4.26. The molecule has 7 heteroatoms. The van der Waals surface area contributed by atoms with Gasteiger partial charge in [-0.05, 0) is 30.7 Å². The number of pyridine rings is 1. The Morgan fingerprint density at radius 2 is 1.76 bits per heavy atom. The largest absolute Gasteiger partial charge is 0.416 e. The Bertz CT molecular complexity index is 685. The summed E-state index contributed by atoms with van der Waals surface area (Å²) >= 11 is 12.1. The second kappa shape index (κ2) is 5.73. The Morgan fingerprint density at radius 1 is 1.10 bits per heavy atom. The minimum Gasteiger partial charge on any atom is -0.372 e. The number of nitrogens with one attached hydrogen (secondary N) is 1. The first kappa shape index (κ1) is 15.9. The van der Waals surface area contributed by atoms with Crippen LogP contribution in [0, 0.1) is 6.92 Å². The van der Waals surface area contributed by atoms with Gasteiger partial charge in [0.1, 0.15) is 5.82 Å². The van der Waals surface area contributed by atoms with Crippen LogP contribution in [0.15, 0.2) is 24.3 Å². The molecular formula is C14H11Cl2F3N2. The zero-order valence-corrected chi connectivity index (χ0v) is 12.7. The van der Waals surface area contributed by atoms with E-state index in [1.807, 2.05) is 0 Å². The van der Waals surface area contributed by atoms with Crippen LogP contribution < -0.4 is 5.32 Å². The fraction of sp³-hybridized carbons (Fsp3) is 0.214. The fourth-order valence-electron chi connectivity index (χ4n) is 1.94. The van der Waals surface area contributed by atoms with Crippen molar-refractivity contribution < 1.29 is 13.2 Å². The van der Waals surface area contributed by atoms with Gasteiger partial charge in [0.15, 0.2) is 0 Å². The summed E-state index contributed by atoms with van der Waals surface area (Å²) in [5.41, 5.74) is 0.643. The first-order chi connectivity index (χ1) is 9.74. The molecule has 0 bridgehead atoms. The highest BCUT2D eigenvalue weighted by molar-refractivity contribution is 6.37. The monoisotopic (exact) mass is 334 g/mol. The zero-order valence-electron chi connectivity index (χ0n) is 11.1. The number of benzene rings is 1. The molecule has 2 aromatic rings. The topological polar surface area (TPSA) is 24.9 Å². The van der Waals surface area contributed by atoms with Gasteiger partial charge in [0.05, 0.1) is 21.3 Å². The molecule has 0 aliphatic rings. The van der Waals surface area contributed by atoms with E-state index in [-0.39, 0.29) is 5.02 Å². The van der Waals surface area contributed by atoms with Crippen molar-refractivity contribution in [2.24, 2.45) is 0 Å². The van der Waals surface area contributed by atoms with Crippen LogP contribution in [-0.4, -0.2) is 12.0 Å². The molecule has 1 heterocycles. The summed E-state index contributed by atoms with van der Waals surface area (Å²) in [7, 11) is 1.64. The average molecular weight is 335 g/mol. The SMILES string of the molecule is CNc1nc(-c2ccc(C(F)(F)F)cc2C)c(Cl)cc1Cl. The molecule has 112 valence electrons. The van der Waals surface area contributed by atoms with Gasteiger partial charge in [0.25, 0.3) is 0 Å². The van der Waals surface area contributed by atoms with Gasteiger partial charge in [-0.2, -0.15) is 13.2 Å². The summed E-state index contributed by atoms with van der Waals surface area (Å²) in [5, 5.41) is 3.43. The van der Waals surface area contributed by atoms with Crippen molar-refractivity contribution >= 4 is 29.0 Å². The number of aromatic nitrogens is 1. The lowest BCUT2D eigenvalue weighted by Crippen LogP contribution is -2.05. The smallest absolute Gasteiger partial charge is 0.372 e. The number of nitrogens with zero attached hydrogens (tertiary/aromatic N) is 1. The van der Waals surface area contributed by atoms with E-state index in [1.165, 1.54) is 12.1 Å². The molecule has 2 rings (SSSR count). The van der Waals surface area contributed by atoms with E-state index in [1.54, 1.807) is 14.0 Å². The third kappa shape index (κ3) is 3.24. The molecule has 2 nitrogen and oxygen atoms in total. The van der Waals surface area contributed by atoms with E-state index >= 15 is 0 Å². The first-order valence-electron chi connectivity index (χ1n) is 5.96. The van der Waals surface area contributed by atoms with E-state index in [9.17, 15) is 13.2 Å². The minimum absolute atomic E-state index is 0.279. The number of alkyl halides is 3. The number of hydrogen-bond acceptors (Lipinski definition) is 2. The van der Waals surface area contributed by atoms with Crippen LogP contribution in [0.5, 0.6) is 0 Å². The van der Waals surface area contributed by atoms with Crippen LogP contribution in [-0.2, 0) is 6.18 Å². The Hall–Kier alpha value is -1.46. The van der Waals surface area contributed by atoms with Crippen LogP contribution in [0.3, 0.4) is 0 Å². The molecule has 1 aromatic heterocycles. The van der Waals surface area contributed by atoms with Crippen molar-refractivity contribution in [1.82, 2.24) is 4.98 Å². The lowest BCUT2D eigenvalue weighted by molar-refractivity contribution is -0.137. The molecule has 0 radical (unpaired) electrons. The number of anilines is 1. The number of aryl methyl sites for hydroxylation is 1. The molecular weight excluding hydrogens is 324 g/mol. The Labute approximate surface area is 129 Å². The van der Waals surface area contributed by atoms with Crippen molar-refractivity contribution in [2.75, 3.05) is 12.4 Å². The molecule has 0 aliphatic heterocycles. The summed E-state index contributed by atoms with van der Waals surface area (Å²) < 4.78 is 38.1. The Kier molecular flexibility index (Phi) is 4.35. The fourth-order valence-corrected chi connectivity index (χ4v) is 2.49. The van der Waals surface area contributed by atoms with Gasteiger partial charge in [0.2, 0.25) is 0 Å². The molecule has 0 spiro atoms. The van der Waals surface area contributed by atoms with Crippen LogP contribution in [0.25, 0.3) is 11.3 Å². The van der Waals surface area contributed by atoms with Crippen molar-refractivity contribution in [3.63, 3.8) is 0 Å². The van der Waals surface area contributed by atoms with Gasteiger partial charge >= 0.3 is 6.18 Å². The van der Waals surface area contributed by atoms with Crippen LogP contribution >= 0.6 is 23.2 Å². The van der Waals surface area contributed by atoms with Gasteiger partial charge in [-0.3, -0.25) is 0 Å². The van der Waals surface area contributed by atoms with Crippen molar-refractivity contribution in [3.05, 3.63) is 45.4 Å². The second-order valence-electron chi connectivity index (χ2n) is 4.43. The summed E-state index contributed by atoms with van der Waals surface area (Å²) in [5.74, 6) is 0.412. The molecule has 1 aromatic carbocycles. The predicted octanol–water partition coefficient (Wildman–Crippen LogP) is 5.42. The quantitative estimate of drug-likeness (QED) is 0.792. The molecule has 21 heavy (non-hydrogen) atoms. The Balaban J connectivity index is 2.58. The normalized spacial score (nSPS) is 11.6. The third-order valence-corrected chi connectivity index (χ3v) is 3.55. The van der Waals surface area contributed by atoms with E-state index in [0.717, 1.165) is 12.1 Å². The molecule has 0 saturated carbocycles. The first-order valence-corrected chi connectivity index (χ1v) is 6.71. The van der Waals surface area contributed by atoms with Crippen LogP contribution in [0.4, 0.5) is 19.0 Å². The molecule has 0 saturated heterocycles. The van der Waals surface area contributed by atoms with E-state index in [0.29, 0.717) is 27.7 Å². The van der Waals surface area contributed by atoms with E-state index < -0.39 is 11.7 Å². The van der Waals surface area contributed by atoms with Crippen LogP contribution in [0.2, 0.25) is 10.0 Å². The maximum absolute atomic E-state index is 12.7. The number of hydrogen-bond donors (Lipinski definition) is 1. The maximum Gasteiger partial charge on any atom is 0.416 e. The second-order valence-corrected chi connectivity index (χ2v) is 5.24. The molecule has 0 atom stereocenters. The van der Waals surface area contributed by atoms with Crippen molar-refractivity contribution in [2.45, 2.75) is 13.1 Å². The highest BCUT2D eigenvalue weighted by Gasteiger charge is 2.30. The highest BCUT2D eigenvalue weighted by atomic mass is 35.5. The van der Waals surface area contributed by atoms with Crippen LogP contribution in [0.1, 0.15) is 11.1 Å². The number of halogens is 5. The lowest BCUT2D eigenvalue weighted by Gasteiger charge is -2.13. The molecule has 1 N–H and O–H groups in total. The minimum atomic E-state index is -4.38. The standard InChI is InChI=1S/C14H11Cl2F3N2/c1-7-5-8(14(17,18)19)3-4-9(7)12-10(15)6-11(16)13(20-2)21-12/h3-6H,1-2H3,(H,20,21). The van der Waals surface area contributed by atoms with Gasteiger partial charge in [0, 0.05) is 12.6 Å². The Morgan fingerprint density at radius 3 is 2.29 bits per heavy atom. The molecule has 0 unspecified atom stereocenters. The van der Waals surface area contributed by atoms with Gasteiger partial charge in [-0.1, -0.05) is 29.3 Å². The van der Waals surface area contributed by atoms with Gasteiger partial charge < -0.3 is 5.32 Å². The molecule has 0 fully saturated rings. The lowest BCUT2D eigenvalue weighted by atomic mass is 10.0. The predicted molar refractivity (Wildman–Crippen MR) is 79.0 cm³/mol. The zero-order chi connectivity index (χ0) is 15.8. The van der Waals surface area contributed by atoms with Crippen molar-refractivity contribution in [1.29, 1.82) is 0 Å². The van der Waals surface area contributed by atoms with Gasteiger partial charge in [-0.25, -0.2) is 4.98 Å². The van der Waals surface area contributed by atoms with Gasteiger partial charge in [-0.15, -0.1) is 0 Å². The van der Waals surface area contributed by atoms with E-state index in [4.69, 9.17) is 23.2 Å².